The Labute approximate surface area is 132 Å². The summed E-state index contributed by atoms with van der Waals surface area (Å²) in [6, 6.07) is 8.01. The van der Waals surface area contributed by atoms with Crippen LogP contribution in [0, 0.1) is 5.92 Å². The third kappa shape index (κ3) is 5.26. The van der Waals surface area contributed by atoms with E-state index in [0.717, 1.165) is 29.7 Å². The standard InChI is InChI=1S/C14H21N3O.HI/c1-15-14(16-9-11-7-8-11)17-10-12-5-3-4-6-13(12)18-2;/h3-6,11H,7-10H2,1-2H3,(H2,15,16,17);1H. The van der Waals surface area contributed by atoms with Crippen molar-refractivity contribution in [2.24, 2.45) is 10.9 Å². The summed E-state index contributed by atoms with van der Waals surface area (Å²) >= 11 is 0. The molecule has 2 N–H and O–H groups in total. The van der Waals surface area contributed by atoms with Crippen molar-refractivity contribution in [1.82, 2.24) is 10.6 Å². The summed E-state index contributed by atoms with van der Waals surface area (Å²) in [5, 5.41) is 6.64. The molecule has 0 bridgehead atoms. The van der Waals surface area contributed by atoms with Gasteiger partial charge in [0, 0.05) is 25.7 Å². The van der Waals surface area contributed by atoms with Gasteiger partial charge in [-0.3, -0.25) is 4.99 Å². The van der Waals surface area contributed by atoms with Crippen molar-refractivity contribution < 1.29 is 4.74 Å². The first-order valence-electron chi connectivity index (χ1n) is 6.40. The molecule has 106 valence electrons. The Morgan fingerprint density at radius 2 is 2.05 bits per heavy atom. The van der Waals surface area contributed by atoms with Crippen LogP contribution in [0.5, 0.6) is 5.75 Å². The molecule has 1 aromatic carbocycles. The van der Waals surface area contributed by atoms with E-state index >= 15 is 0 Å². The number of nitrogens with zero attached hydrogens (tertiary/aromatic N) is 1. The lowest BCUT2D eigenvalue weighted by molar-refractivity contribution is 0.409. The molecule has 2 rings (SSSR count). The fourth-order valence-corrected chi connectivity index (χ4v) is 1.81. The van der Waals surface area contributed by atoms with Crippen molar-refractivity contribution >= 4 is 29.9 Å². The number of nitrogens with one attached hydrogen (secondary N) is 2. The maximum atomic E-state index is 5.32. The molecule has 0 saturated heterocycles. The van der Waals surface area contributed by atoms with E-state index in [1.54, 1.807) is 14.2 Å². The van der Waals surface area contributed by atoms with Gasteiger partial charge in [0.15, 0.2) is 5.96 Å². The number of benzene rings is 1. The first-order chi connectivity index (χ1) is 8.83. The third-order valence-corrected chi connectivity index (χ3v) is 3.12. The molecule has 1 aromatic rings. The average Bonchev–Trinajstić information content (AvgIpc) is 3.23. The minimum Gasteiger partial charge on any atom is -0.496 e. The summed E-state index contributed by atoms with van der Waals surface area (Å²) in [5.41, 5.74) is 1.13. The van der Waals surface area contributed by atoms with Gasteiger partial charge in [-0.05, 0) is 24.8 Å². The van der Waals surface area contributed by atoms with E-state index in [0.29, 0.717) is 6.54 Å². The molecular formula is C14H22IN3O. The first kappa shape index (κ1) is 16.1. The van der Waals surface area contributed by atoms with Gasteiger partial charge in [0.25, 0.3) is 0 Å². The van der Waals surface area contributed by atoms with Gasteiger partial charge in [0.2, 0.25) is 0 Å². The number of aliphatic imine (C=N–C) groups is 1. The van der Waals surface area contributed by atoms with Crippen molar-refractivity contribution in [1.29, 1.82) is 0 Å². The van der Waals surface area contributed by atoms with Crippen LogP contribution < -0.4 is 15.4 Å². The number of guanidine groups is 1. The molecule has 0 aliphatic heterocycles. The molecule has 1 fully saturated rings. The maximum Gasteiger partial charge on any atom is 0.191 e. The van der Waals surface area contributed by atoms with Crippen LogP contribution in [0.15, 0.2) is 29.3 Å². The number of halogens is 1. The highest BCUT2D eigenvalue weighted by molar-refractivity contribution is 14.0. The third-order valence-electron chi connectivity index (χ3n) is 3.12. The highest BCUT2D eigenvalue weighted by atomic mass is 127. The summed E-state index contributed by atoms with van der Waals surface area (Å²) in [6.45, 7) is 1.74. The van der Waals surface area contributed by atoms with E-state index in [2.05, 4.69) is 21.7 Å². The summed E-state index contributed by atoms with van der Waals surface area (Å²) < 4.78 is 5.32. The Hall–Kier alpha value is -0.980. The number of para-hydroxylation sites is 1. The van der Waals surface area contributed by atoms with Gasteiger partial charge in [-0.1, -0.05) is 18.2 Å². The molecule has 0 atom stereocenters. The van der Waals surface area contributed by atoms with Crippen LogP contribution in [0.2, 0.25) is 0 Å². The molecule has 1 aliphatic carbocycles. The Kier molecular flexibility index (Phi) is 6.97. The fourth-order valence-electron chi connectivity index (χ4n) is 1.81. The van der Waals surface area contributed by atoms with Crippen molar-refractivity contribution in [2.45, 2.75) is 19.4 Å². The summed E-state index contributed by atoms with van der Waals surface area (Å²) in [5.74, 6) is 2.60. The molecule has 1 aliphatic rings. The normalized spacial score (nSPS) is 14.5. The quantitative estimate of drug-likeness (QED) is 0.472. The van der Waals surface area contributed by atoms with Crippen LogP contribution >= 0.6 is 24.0 Å². The Morgan fingerprint density at radius 1 is 1.32 bits per heavy atom. The predicted molar refractivity (Wildman–Crippen MR) is 89.3 cm³/mol. The second kappa shape index (κ2) is 8.24. The van der Waals surface area contributed by atoms with Crippen molar-refractivity contribution in [2.75, 3.05) is 20.7 Å². The Bertz CT molecular complexity index is 419. The maximum absolute atomic E-state index is 5.32. The largest absolute Gasteiger partial charge is 0.496 e. The zero-order valence-electron chi connectivity index (χ0n) is 11.5. The van der Waals surface area contributed by atoms with E-state index in [9.17, 15) is 0 Å². The summed E-state index contributed by atoms with van der Waals surface area (Å²) in [7, 11) is 3.49. The second-order valence-electron chi connectivity index (χ2n) is 4.56. The Balaban J connectivity index is 0.00000180. The minimum absolute atomic E-state index is 0. The highest BCUT2D eigenvalue weighted by Gasteiger charge is 2.21. The van der Waals surface area contributed by atoms with E-state index in [-0.39, 0.29) is 24.0 Å². The molecule has 0 unspecified atom stereocenters. The number of hydrogen-bond acceptors (Lipinski definition) is 2. The fraction of sp³-hybridized carbons (Fsp3) is 0.500. The van der Waals surface area contributed by atoms with Crippen LogP contribution in [-0.4, -0.2) is 26.7 Å². The Morgan fingerprint density at radius 3 is 2.68 bits per heavy atom. The van der Waals surface area contributed by atoms with Gasteiger partial charge in [-0.25, -0.2) is 0 Å². The van der Waals surface area contributed by atoms with Crippen molar-refractivity contribution in [3.05, 3.63) is 29.8 Å². The number of rotatable bonds is 5. The molecule has 0 aromatic heterocycles. The van der Waals surface area contributed by atoms with E-state index in [4.69, 9.17) is 4.74 Å². The average molecular weight is 375 g/mol. The lowest BCUT2D eigenvalue weighted by Crippen LogP contribution is -2.37. The lowest BCUT2D eigenvalue weighted by Gasteiger charge is -2.13. The molecule has 0 radical (unpaired) electrons. The number of methoxy groups -OCH3 is 1. The smallest absolute Gasteiger partial charge is 0.191 e. The molecule has 0 spiro atoms. The zero-order valence-corrected chi connectivity index (χ0v) is 13.8. The highest BCUT2D eigenvalue weighted by Crippen LogP contribution is 2.27. The van der Waals surface area contributed by atoms with Crippen LogP contribution in [-0.2, 0) is 6.54 Å². The van der Waals surface area contributed by atoms with Gasteiger partial charge < -0.3 is 15.4 Å². The van der Waals surface area contributed by atoms with Gasteiger partial charge in [0.1, 0.15) is 5.75 Å². The van der Waals surface area contributed by atoms with Crippen molar-refractivity contribution in [3.8, 4) is 5.75 Å². The SMILES string of the molecule is CN=C(NCc1ccccc1OC)NCC1CC1.I. The molecule has 1 saturated carbocycles. The minimum atomic E-state index is 0. The van der Waals surface area contributed by atoms with Gasteiger partial charge in [-0.2, -0.15) is 0 Å². The van der Waals surface area contributed by atoms with Gasteiger partial charge >= 0.3 is 0 Å². The molecule has 19 heavy (non-hydrogen) atoms. The van der Waals surface area contributed by atoms with E-state index in [1.165, 1.54) is 12.8 Å². The topological polar surface area (TPSA) is 45.7 Å². The summed E-state index contributed by atoms with van der Waals surface area (Å²) in [4.78, 5) is 4.21. The van der Waals surface area contributed by atoms with Gasteiger partial charge in [-0.15, -0.1) is 24.0 Å². The van der Waals surface area contributed by atoms with Crippen LogP contribution in [0.4, 0.5) is 0 Å². The molecule has 5 heteroatoms. The molecule has 4 nitrogen and oxygen atoms in total. The number of ether oxygens (including phenoxy) is 1. The van der Waals surface area contributed by atoms with Crippen LogP contribution in [0.1, 0.15) is 18.4 Å². The zero-order chi connectivity index (χ0) is 12.8. The molecule has 0 amide bonds. The van der Waals surface area contributed by atoms with E-state index in [1.807, 2.05) is 18.2 Å². The summed E-state index contributed by atoms with van der Waals surface area (Å²) in [6.07, 6.45) is 2.69. The van der Waals surface area contributed by atoms with E-state index < -0.39 is 0 Å². The van der Waals surface area contributed by atoms with Gasteiger partial charge in [0.05, 0.1) is 7.11 Å². The van der Waals surface area contributed by atoms with Crippen LogP contribution in [0.3, 0.4) is 0 Å². The van der Waals surface area contributed by atoms with Crippen molar-refractivity contribution in [3.63, 3.8) is 0 Å². The monoisotopic (exact) mass is 375 g/mol. The number of hydrogen-bond donors (Lipinski definition) is 2. The molecular weight excluding hydrogens is 353 g/mol. The molecule has 0 heterocycles. The predicted octanol–water partition coefficient (Wildman–Crippen LogP) is 2.39. The second-order valence-corrected chi connectivity index (χ2v) is 4.56. The first-order valence-corrected chi connectivity index (χ1v) is 6.40. The van der Waals surface area contributed by atoms with Crippen LogP contribution in [0.25, 0.3) is 0 Å². The lowest BCUT2D eigenvalue weighted by atomic mass is 10.2.